The largest absolute Gasteiger partial charge is 0.497 e. The molecule has 0 N–H and O–H groups in total. The summed E-state index contributed by atoms with van der Waals surface area (Å²) in [6, 6.07) is 11.9. The summed E-state index contributed by atoms with van der Waals surface area (Å²) in [5.74, 6) is 1.45. The fraction of sp³-hybridized carbons (Fsp3) is 0.294. The van der Waals surface area contributed by atoms with Gasteiger partial charge < -0.3 is 14.2 Å². The number of sulfonamides is 1. The Morgan fingerprint density at radius 3 is 2.00 bits per heavy atom. The Hall–Kier alpha value is -2.25. The standard InChI is InChI=1S/C17H21NO5S/c1-18(12-13-5-7-14(21-2)8-6-13)24(19,20)17-11-15(22-3)9-10-16(17)23-4/h5-11H,12H2,1-4H3. The van der Waals surface area contributed by atoms with Crippen molar-refractivity contribution in [2.45, 2.75) is 11.4 Å². The minimum atomic E-state index is -3.73. The van der Waals surface area contributed by atoms with Crippen molar-refractivity contribution in [2.24, 2.45) is 0 Å². The number of hydrogen-bond donors (Lipinski definition) is 0. The van der Waals surface area contributed by atoms with E-state index in [1.807, 2.05) is 12.1 Å². The molecule has 0 aromatic heterocycles. The lowest BCUT2D eigenvalue weighted by Gasteiger charge is -2.19. The van der Waals surface area contributed by atoms with E-state index < -0.39 is 10.0 Å². The summed E-state index contributed by atoms with van der Waals surface area (Å²) in [6.07, 6.45) is 0. The van der Waals surface area contributed by atoms with Crippen molar-refractivity contribution >= 4 is 10.0 Å². The molecule has 0 aliphatic carbocycles. The highest BCUT2D eigenvalue weighted by atomic mass is 32.2. The second kappa shape index (κ2) is 7.55. The highest BCUT2D eigenvalue weighted by Crippen LogP contribution is 2.30. The van der Waals surface area contributed by atoms with Crippen molar-refractivity contribution in [3.05, 3.63) is 48.0 Å². The van der Waals surface area contributed by atoms with Crippen molar-refractivity contribution in [3.63, 3.8) is 0 Å². The van der Waals surface area contributed by atoms with Crippen LogP contribution in [0, 0.1) is 0 Å². The third-order valence-corrected chi connectivity index (χ3v) is 5.45. The van der Waals surface area contributed by atoms with Gasteiger partial charge in [-0.25, -0.2) is 8.42 Å². The summed E-state index contributed by atoms with van der Waals surface area (Å²) in [5, 5.41) is 0. The average molecular weight is 351 g/mol. The summed E-state index contributed by atoms with van der Waals surface area (Å²) in [6.45, 7) is 0.229. The summed E-state index contributed by atoms with van der Waals surface area (Å²) in [4.78, 5) is 0.0698. The second-order valence-electron chi connectivity index (χ2n) is 5.13. The quantitative estimate of drug-likeness (QED) is 0.767. The van der Waals surface area contributed by atoms with Crippen LogP contribution in [-0.2, 0) is 16.6 Å². The molecule has 0 radical (unpaired) electrons. The molecular formula is C17H21NO5S. The molecule has 7 heteroatoms. The molecule has 2 aromatic rings. The molecule has 0 aliphatic rings. The van der Waals surface area contributed by atoms with Crippen LogP contribution in [0.3, 0.4) is 0 Å². The van der Waals surface area contributed by atoms with E-state index >= 15 is 0 Å². The molecule has 0 spiro atoms. The molecule has 0 amide bonds. The van der Waals surface area contributed by atoms with Crippen LogP contribution in [0.5, 0.6) is 17.2 Å². The first-order valence-corrected chi connectivity index (χ1v) is 8.67. The van der Waals surface area contributed by atoms with E-state index in [9.17, 15) is 8.42 Å². The Labute approximate surface area is 142 Å². The molecule has 0 saturated heterocycles. The first kappa shape index (κ1) is 18.1. The van der Waals surface area contributed by atoms with Crippen LogP contribution in [-0.4, -0.2) is 41.1 Å². The lowest BCUT2D eigenvalue weighted by atomic mass is 10.2. The van der Waals surface area contributed by atoms with E-state index in [2.05, 4.69) is 0 Å². The van der Waals surface area contributed by atoms with Crippen molar-refractivity contribution in [2.75, 3.05) is 28.4 Å². The fourth-order valence-electron chi connectivity index (χ4n) is 2.23. The van der Waals surface area contributed by atoms with Gasteiger partial charge in [-0.05, 0) is 29.8 Å². The summed E-state index contributed by atoms with van der Waals surface area (Å²) < 4.78 is 42.4. The molecule has 2 aromatic carbocycles. The Bertz CT molecular complexity index is 787. The zero-order chi connectivity index (χ0) is 17.7. The van der Waals surface area contributed by atoms with E-state index in [1.54, 1.807) is 31.4 Å². The van der Waals surface area contributed by atoms with Gasteiger partial charge in [-0.1, -0.05) is 12.1 Å². The SMILES string of the molecule is COc1ccc(CN(C)S(=O)(=O)c2cc(OC)ccc2OC)cc1. The van der Waals surface area contributed by atoms with Crippen LogP contribution in [0.15, 0.2) is 47.4 Å². The first-order valence-electron chi connectivity index (χ1n) is 7.23. The first-order chi connectivity index (χ1) is 11.4. The van der Waals surface area contributed by atoms with Gasteiger partial charge in [0.15, 0.2) is 0 Å². The number of nitrogens with zero attached hydrogens (tertiary/aromatic N) is 1. The minimum absolute atomic E-state index is 0.0698. The van der Waals surface area contributed by atoms with Gasteiger partial charge >= 0.3 is 0 Å². The second-order valence-corrected chi connectivity index (χ2v) is 7.14. The van der Waals surface area contributed by atoms with Crippen molar-refractivity contribution in [1.29, 1.82) is 0 Å². The van der Waals surface area contributed by atoms with Gasteiger partial charge in [-0.3, -0.25) is 0 Å². The highest BCUT2D eigenvalue weighted by molar-refractivity contribution is 7.89. The third-order valence-electron chi connectivity index (χ3n) is 3.62. The zero-order valence-corrected chi connectivity index (χ0v) is 15.0. The summed E-state index contributed by atoms with van der Waals surface area (Å²) in [5.41, 5.74) is 0.851. The van der Waals surface area contributed by atoms with Crippen molar-refractivity contribution in [3.8, 4) is 17.2 Å². The number of methoxy groups -OCH3 is 3. The Morgan fingerprint density at radius 1 is 0.875 bits per heavy atom. The molecule has 0 aliphatic heterocycles. The minimum Gasteiger partial charge on any atom is -0.497 e. The maximum atomic E-state index is 12.9. The van der Waals surface area contributed by atoms with E-state index in [0.29, 0.717) is 5.75 Å². The van der Waals surface area contributed by atoms with Gasteiger partial charge in [-0.15, -0.1) is 0 Å². The van der Waals surface area contributed by atoms with Gasteiger partial charge in [0, 0.05) is 19.7 Å². The van der Waals surface area contributed by atoms with Gasteiger partial charge in [0.2, 0.25) is 10.0 Å². The van der Waals surface area contributed by atoms with Gasteiger partial charge in [0.1, 0.15) is 22.1 Å². The number of benzene rings is 2. The number of hydrogen-bond acceptors (Lipinski definition) is 5. The van der Waals surface area contributed by atoms with Gasteiger partial charge in [-0.2, -0.15) is 4.31 Å². The average Bonchev–Trinajstić information content (AvgIpc) is 2.61. The molecule has 0 bridgehead atoms. The predicted octanol–water partition coefficient (Wildman–Crippen LogP) is 2.53. The number of ether oxygens (including phenoxy) is 3. The van der Waals surface area contributed by atoms with E-state index in [0.717, 1.165) is 11.3 Å². The molecule has 2 rings (SSSR count). The van der Waals surface area contributed by atoms with Crippen LogP contribution in [0.1, 0.15) is 5.56 Å². The summed E-state index contributed by atoms with van der Waals surface area (Å²) in [7, 11) is 2.30. The molecule has 0 atom stereocenters. The molecule has 0 heterocycles. The maximum Gasteiger partial charge on any atom is 0.246 e. The fourth-order valence-corrected chi connectivity index (χ4v) is 3.55. The molecule has 130 valence electrons. The Balaban J connectivity index is 2.31. The smallest absolute Gasteiger partial charge is 0.246 e. The Kier molecular flexibility index (Phi) is 5.69. The third kappa shape index (κ3) is 3.80. The highest BCUT2D eigenvalue weighted by Gasteiger charge is 2.25. The maximum absolute atomic E-state index is 12.9. The molecule has 24 heavy (non-hydrogen) atoms. The predicted molar refractivity (Wildman–Crippen MR) is 91.2 cm³/mol. The molecule has 0 unspecified atom stereocenters. The lowest BCUT2D eigenvalue weighted by molar-refractivity contribution is 0.388. The van der Waals surface area contributed by atoms with Crippen LogP contribution >= 0.6 is 0 Å². The molecule has 6 nitrogen and oxygen atoms in total. The van der Waals surface area contributed by atoms with Gasteiger partial charge in [0.05, 0.1) is 21.3 Å². The van der Waals surface area contributed by atoms with Crippen molar-refractivity contribution in [1.82, 2.24) is 4.31 Å². The Morgan fingerprint density at radius 2 is 1.46 bits per heavy atom. The van der Waals surface area contributed by atoms with Crippen LogP contribution < -0.4 is 14.2 Å². The van der Waals surface area contributed by atoms with E-state index in [1.165, 1.54) is 31.6 Å². The van der Waals surface area contributed by atoms with Crippen LogP contribution in [0.2, 0.25) is 0 Å². The van der Waals surface area contributed by atoms with Crippen molar-refractivity contribution < 1.29 is 22.6 Å². The van der Waals surface area contributed by atoms with Crippen LogP contribution in [0.4, 0.5) is 0 Å². The lowest BCUT2D eigenvalue weighted by Crippen LogP contribution is -2.27. The zero-order valence-electron chi connectivity index (χ0n) is 14.1. The summed E-state index contributed by atoms with van der Waals surface area (Å²) >= 11 is 0. The monoisotopic (exact) mass is 351 g/mol. The number of rotatable bonds is 7. The normalized spacial score (nSPS) is 11.4. The van der Waals surface area contributed by atoms with E-state index in [-0.39, 0.29) is 17.2 Å². The van der Waals surface area contributed by atoms with Crippen LogP contribution in [0.25, 0.3) is 0 Å². The van der Waals surface area contributed by atoms with E-state index in [4.69, 9.17) is 14.2 Å². The topological polar surface area (TPSA) is 65.1 Å². The molecule has 0 fully saturated rings. The molecular weight excluding hydrogens is 330 g/mol. The molecule has 0 saturated carbocycles. The van der Waals surface area contributed by atoms with Gasteiger partial charge in [0.25, 0.3) is 0 Å².